The minimum atomic E-state index is 0.0400. The summed E-state index contributed by atoms with van der Waals surface area (Å²) < 4.78 is 0. The third-order valence-corrected chi connectivity index (χ3v) is 1.96. The lowest BCUT2D eigenvalue weighted by Crippen LogP contribution is -2.10. The van der Waals surface area contributed by atoms with Crippen LogP contribution < -0.4 is 5.73 Å². The highest BCUT2D eigenvalue weighted by Gasteiger charge is 2.04. The van der Waals surface area contributed by atoms with Crippen LogP contribution in [0.4, 0.5) is 0 Å². The summed E-state index contributed by atoms with van der Waals surface area (Å²) in [6.07, 6.45) is 4.40. The number of carbonyl (C=O) groups is 1. The van der Waals surface area contributed by atoms with Gasteiger partial charge in [0.2, 0.25) is 0 Å². The predicted octanol–water partition coefficient (Wildman–Crippen LogP) is 1.69. The van der Waals surface area contributed by atoms with Crippen molar-refractivity contribution in [3.8, 4) is 0 Å². The lowest BCUT2D eigenvalue weighted by Gasteiger charge is -2.09. The molecule has 0 unspecified atom stereocenters. The fourth-order valence-corrected chi connectivity index (χ4v) is 1.18. The third-order valence-electron chi connectivity index (χ3n) is 1.96. The summed E-state index contributed by atoms with van der Waals surface area (Å²) in [5.74, 6) is 0. The Kier molecular flexibility index (Phi) is 3.58. The van der Waals surface area contributed by atoms with Crippen molar-refractivity contribution >= 4 is 6.29 Å². The van der Waals surface area contributed by atoms with Gasteiger partial charge in [-0.2, -0.15) is 0 Å². The minimum absolute atomic E-state index is 0.0400. The first-order chi connectivity index (χ1) is 6.27. The van der Waals surface area contributed by atoms with Gasteiger partial charge in [0.25, 0.3) is 0 Å². The molecule has 3 heteroatoms. The van der Waals surface area contributed by atoms with Crippen molar-refractivity contribution in [3.63, 3.8) is 0 Å². The summed E-state index contributed by atoms with van der Waals surface area (Å²) in [6.45, 7) is 2.09. The van der Waals surface area contributed by atoms with Crippen molar-refractivity contribution in [1.82, 2.24) is 4.98 Å². The standard InChI is InChI=1S/C10H14N2O/c1-2-3-10(11)8-4-5-9(7-13)12-6-8/h4-7,10H,2-3,11H2,1H3/t10-/m0/s1. The molecule has 1 atom stereocenters. The first-order valence-electron chi connectivity index (χ1n) is 4.44. The maximum Gasteiger partial charge on any atom is 0.168 e. The number of pyridine rings is 1. The van der Waals surface area contributed by atoms with Gasteiger partial charge in [0.1, 0.15) is 5.69 Å². The van der Waals surface area contributed by atoms with Crippen LogP contribution in [0.2, 0.25) is 0 Å². The molecule has 0 aliphatic carbocycles. The molecule has 0 bridgehead atoms. The maximum absolute atomic E-state index is 10.3. The average molecular weight is 178 g/mol. The van der Waals surface area contributed by atoms with E-state index in [1.165, 1.54) is 0 Å². The summed E-state index contributed by atoms with van der Waals surface area (Å²) in [5.41, 5.74) is 7.31. The first kappa shape index (κ1) is 9.86. The number of nitrogens with zero attached hydrogens (tertiary/aromatic N) is 1. The van der Waals surface area contributed by atoms with Crippen molar-refractivity contribution in [2.45, 2.75) is 25.8 Å². The van der Waals surface area contributed by atoms with Gasteiger partial charge in [-0.1, -0.05) is 19.4 Å². The van der Waals surface area contributed by atoms with Crippen molar-refractivity contribution < 1.29 is 4.79 Å². The van der Waals surface area contributed by atoms with E-state index in [-0.39, 0.29) is 6.04 Å². The molecule has 70 valence electrons. The van der Waals surface area contributed by atoms with E-state index in [9.17, 15) is 4.79 Å². The number of nitrogens with two attached hydrogens (primary N) is 1. The van der Waals surface area contributed by atoms with Gasteiger partial charge < -0.3 is 5.73 Å². The Hall–Kier alpha value is -1.22. The molecule has 1 aromatic rings. The first-order valence-corrected chi connectivity index (χ1v) is 4.44. The van der Waals surface area contributed by atoms with Gasteiger partial charge >= 0.3 is 0 Å². The Morgan fingerprint density at radius 1 is 1.62 bits per heavy atom. The monoisotopic (exact) mass is 178 g/mol. The van der Waals surface area contributed by atoms with Crippen molar-refractivity contribution in [3.05, 3.63) is 29.6 Å². The summed E-state index contributed by atoms with van der Waals surface area (Å²) in [6, 6.07) is 3.59. The molecular weight excluding hydrogens is 164 g/mol. The topological polar surface area (TPSA) is 56.0 Å². The molecule has 0 spiro atoms. The van der Waals surface area contributed by atoms with E-state index in [4.69, 9.17) is 5.73 Å². The summed E-state index contributed by atoms with van der Waals surface area (Å²) in [7, 11) is 0. The quantitative estimate of drug-likeness (QED) is 0.714. The van der Waals surface area contributed by atoms with Crippen LogP contribution in [0, 0.1) is 0 Å². The normalized spacial score (nSPS) is 12.5. The third kappa shape index (κ3) is 2.63. The van der Waals surface area contributed by atoms with Crippen LogP contribution in [0.3, 0.4) is 0 Å². The molecule has 3 nitrogen and oxygen atoms in total. The lowest BCUT2D eigenvalue weighted by molar-refractivity contribution is 0.111. The Morgan fingerprint density at radius 3 is 2.85 bits per heavy atom. The summed E-state index contributed by atoms with van der Waals surface area (Å²) >= 11 is 0. The highest BCUT2D eigenvalue weighted by Crippen LogP contribution is 2.13. The SMILES string of the molecule is CCC[C@H](N)c1ccc(C=O)nc1. The maximum atomic E-state index is 10.3. The highest BCUT2D eigenvalue weighted by atomic mass is 16.1. The molecule has 13 heavy (non-hydrogen) atoms. The molecule has 0 aliphatic rings. The molecule has 0 fully saturated rings. The van der Waals surface area contributed by atoms with E-state index < -0.39 is 0 Å². The second-order valence-corrected chi connectivity index (χ2v) is 3.03. The molecule has 0 aliphatic heterocycles. The van der Waals surface area contributed by atoms with E-state index in [1.807, 2.05) is 6.07 Å². The molecule has 2 N–H and O–H groups in total. The van der Waals surface area contributed by atoms with Gasteiger partial charge in [0.15, 0.2) is 6.29 Å². The Balaban J connectivity index is 2.73. The molecule has 0 saturated heterocycles. The number of aldehydes is 1. The highest BCUT2D eigenvalue weighted by molar-refractivity contribution is 5.71. The van der Waals surface area contributed by atoms with Gasteiger partial charge in [-0.25, -0.2) is 0 Å². The number of aromatic nitrogens is 1. The van der Waals surface area contributed by atoms with Crippen LogP contribution in [0.25, 0.3) is 0 Å². The van der Waals surface area contributed by atoms with Gasteiger partial charge in [0, 0.05) is 12.2 Å². The smallest absolute Gasteiger partial charge is 0.168 e. The van der Waals surface area contributed by atoms with Crippen LogP contribution >= 0.6 is 0 Å². The molecule has 1 aromatic heterocycles. The van der Waals surface area contributed by atoms with E-state index in [0.29, 0.717) is 5.69 Å². The van der Waals surface area contributed by atoms with E-state index >= 15 is 0 Å². The number of hydrogen-bond donors (Lipinski definition) is 1. The van der Waals surface area contributed by atoms with Gasteiger partial charge in [-0.05, 0) is 18.1 Å². The molecule has 1 rings (SSSR count). The van der Waals surface area contributed by atoms with Gasteiger partial charge in [0.05, 0.1) is 0 Å². The second-order valence-electron chi connectivity index (χ2n) is 3.03. The van der Waals surface area contributed by atoms with Crippen LogP contribution in [0.15, 0.2) is 18.3 Å². The van der Waals surface area contributed by atoms with Gasteiger partial charge in [-0.3, -0.25) is 9.78 Å². The average Bonchev–Trinajstić information content (AvgIpc) is 2.18. The molecular formula is C10H14N2O. The van der Waals surface area contributed by atoms with E-state index in [0.717, 1.165) is 24.7 Å². The van der Waals surface area contributed by atoms with E-state index in [1.54, 1.807) is 12.3 Å². The minimum Gasteiger partial charge on any atom is -0.324 e. The number of rotatable bonds is 4. The van der Waals surface area contributed by atoms with Crippen LogP contribution in [0.1, 0.15) is 41.9 Å². The van der Waals surface area contributed by atoms with Crippen LogP contribution in [0.5, 0.6) is 0 Å². The van der Waals surface area contributed by atoms with Crippen molar-refractivity contribution in [2.24, 2.45) is 5.73 Å². The molecule has 0 aromatic carbocycles. The zero-order valence-electron chi connectivity index (χ0n) is 7.73. The Labute approximate surface area is 78.0 Å². The van der Waals surface area contributed by atoms with Crippen LogP contribution in [-0.4, -0.2) is 11.3 Å². The van der Waals surface area contributed by atoms with Crippen molar-refractivity contribution in [1.29, 1.82) is 0 Å². The zero-order valence-corrected chi connectivity index (χ0v) is 7.73. The van der Waals surface area contributed by atoms with Crippen LogP contribution in [-0.2, 0) is 0 Å². The Bertz CT molecular complexity index is 269. The molecule has 0 saturated carbocycles. The zero-order chi connectivity index (χ0) is 9.68. The van der Waals surface area contributed by atoms with E-state index in [2.05, 4.69) is 11.9 Å². The summed E-state index contributed by atoms with van der Waals surface area (Å²) in [4.78, 5) is 14.3. The number of hydrogen-bond acceptors (Lipinski definition) is 3. The van der Waals surface area contributed by atoms with Gasteiger partial charge in [-0.15, -0.1) is 0 Å². The van der Waals surface area contributed by atoms with Crippen molar-refractivity contribution in [2.75, 3.05) is 0 Å². The fourth-order valence-electron chi connectivity index (χ4n) is 1.18. The Morgan fingerprint density at radius 2 is 2.38 bits per heavy atom. The molecule has 0 amide bonds. The molecule has 1 heterocycles. The molecule has 0 radical (unpaired) electrons. The predicted molar refractivity (Wildman–Crippen MR) is 51.5 cm³/mol. The fraction of sp³-hybridized carbons (Fsp3) is 0.400. The number of carbonyl (C=O) groups excluding carboxylic acids is 1. The largest absolute Gasteiger partial charge is 0.324 e. The lowest BCUT2D eigenvalue weighted by atomic mass is 10.1. The summed E-state index contributed by atoms with van der Waals surface area (Å²) in [5, 5.41) is 0. The second kappa shape index (κ2) is 4.72.